The topological polar surface area (TPSA) is 23.1 Å². The Kier molecular flexibility index (Phi) is 3.05. The van der Waals surface area contributed by atoms with Gasteiger partial charge in [-0.3, -0.25) is 0 Å². The summed E-state index contributed by atoms with van der Waals surface area (Å²) in [5, 5.41) is 12.6. The molecular formula is C13H9ClO-. The molecule has 0 amide bonds. The van der Waals surface area contributed by atoms with E-state index >= 15 is 0 Å². The van der Waals surface area contributed by atoms with Crippen LogP contribution >= 0.6 is 11.6 Å². The Morgan fingerprint density at radius 1 is 0.800 bits per heavy atom. The molecule has 0 atom stereocenters. The summed E-state index contributed by atoms with van der Waals surface area (Å²) in [6.45, 7) is 0. The normalized spacial score (nSPS) is 10.6. The first kappa shape index (κ1) is 10.2. The van der Waals surface area contributed by atoms with Crippen molar-refractivity contribution >= 4 is 11.6 Å². The third kappa shape index (κ3) is 2.38. The summed E-state index contributed by atoms with van der Waals surface area (Å²) in [7, 11) is 0. The van der Waals surface area contributed by atoms with Crippen LogP contribution in [0.3, 0.4) is 0 Å². The third-order valence-corrected chi connectivity index (χ3v) is 2.39. The molecule has 1 nitrogen and oxygen atoms in total. The van der Waals surface area contributed by atoms with Crippen molar-refractivity contribution in [3.8, 4) is 0 Å². The zero-order chi connectivity index (χ0) is 10.7. The highest BCUT2D eigenvalue weighted by Crippen LogP contribution is 2.19. The minimum Gasteiger partial charge on any atom is -0.843 e. The van der Waals surface area contributed by atoms with E-state index in [9.17, 15) is 5.11 Å². The maximum Gasteiger partial charge on any atom is 0.0406 e. The standard InChI is InChI=1S/C13H9ClO/c14-12-8-6-11(7-9-12)13(15)10-4-2-1-3-5-10/h1-9H/q-1. The number of rotatable bonds is 2. The van der Waals surface area contributed by atoms with Gasteiger partial charge in [-0.25, -0.2) is 0 Å². The van der Waals surface area contributed by atoms with E-state index in [4.69, 9.17) is 11.6 Å². The molecule has 0 aliphatic carbocycles. The zero-order valence-corrected chi connectivity index (χ0v) is 8.74. The molecule has 2 aromatic carbocycles. The van der Waals surface area contributed by atoms with Crippen LogP contribution in [-0.2, 0) is 0 Å². The second-order valence-corrected chi connectivity index (χ2v) is 3.64. The van der Waals surface area contributed by atoms with E-state index in [0.29, 0.717) is 16.1 Å². The molecule has 75 valence electrons. The van der Waals surface area contributed by atoms with Gasteiger partial charge in [0.25, 0.3) is 0 Å². The second-order valence-electron chi connectivity index (χ2n) is 3.20. The first-order chi connectivity index (χ1) is 7.27. The monoisotopic (exact) mass is 216 g/mol. The Morgan fingerprint density at radius 3 is 1.93 bits per heavy atom. The van der Waals surface area contributed by atoms with Crippen LogP contribution < -0.4 is 5.11 Å². The van der Waals surface area contributed by atoms with Gasteiger partial charge in [0.1, 0.15) is 0 Å². The van der Waals surface area contributed by atoms with Crippen molar-refractivity contribution in [2.45, 2.75) is 0 Å². The van der Waals surface area contributed by atoms with E-state index in [1.165, 1.54) is 0 Å². The largest absolute Gasteiger partial charge is 0.843 e. The fourth-order valence-electron chi connectivity index (χ4n) is 1.36. The maximum atomic E-state index is 11.9. The molecule has 0 aliphatic heterocycles. The van der Waals surface area contributed by atoms with Gasteiger partial charge >= 0.3 is 0 Å². The summed E-state index contributed by atoms with van der Waals surface area (Å²) in [6, 6.07) is 16.1. The van der Waals surface area contributed by atoms with E-state index in [-0.39, 0.29) is 6.10 Å². The first-order valence-corrected chi connectivity index (χ1v) is 5.00. The van der Waals surface area contributed by atoms with Crippen LogP contribution in [0.4, 0.5) is 0 Å². The molecule has 0 spiro atoms. The van der Waals surface area contributed by atoms with E-state index in [1.807, 2.05) is 18.2 Å². The lowest BCUT2D eigenvalue weighted by Gasteiger charge is -2.22. The van der Waals surface area contributed by atoms with Gasteiger partial charge in [-0.15, -0.1) is 0 Å². The minimum atomic E-state index is 0.0206. The average molecular weight is 217 g/mol. The van der Waals surface area contributed by atoms with Gasteiger partial charge in [0, 0.05) is 5.02 Å². The van der Waals surface area contributed by atoms with Crippen molar-refractivity contribution < 1.29 is 5.11 Å². The number of hydrogen-bond acceptors (Lipinski definition) is 1. The van der Waals surface area contributed by atoms with Crippen molar-refractivity contribution in [2.75, 3.05) is 0 Å². The predicted molar refractivity (Wildman–Crippen MR) is 59.3 cm³/mol. The molecule has 0 heterocycles. The van der Waals surface area contributed by atoms with E-state index in [1.54, 1.807) is 36.4 Å². The SMILES string of the molecule is [O-][C](c1ccccc1)c1ccc(Cl)cc1. The fourth-order valence-corrected chi connectivity index (χ4v) is 1.48. The van der Waals surface area contributed by atoms with Gasteiger partial charge < -0.3 is 5.11 Å². The Bertz CT molecular complexity index is 422. The highest BCUT2D eigenvalue weighted by atomic mass is 35.5. The number of benzene rings is 2. The van der Waals surface area contributed by atoms with Crippen molar-refractivity contribution in [1.82, 2.24) is 0 Å². The van der Waals surface area contributed by atoms with E-state index in [0.717, 1.165) is 0 Å². The predicted octanol–water partition coefficient (Wildman–Crippen LogP) is 2.63. The van der Waals surface area contributed by atoms with Crippen molar-refractivity contribution in [1.29, 1.82) is 0 Å². The Morgan fingerprint density at radius 2 is 1.33 bits per heavy atom. The molecule has 0 aromatic heterocycles. The van der Waals surface area contributed by atoms with Gasteiger partial charge in [0.05, 0.1) is 0 Å². The molecule has 15 heavy (non-hydrogen) atoms. The molecule has 0 bridgehead atoms. The first-order valence-electron chi connectivity index (χ1n) is 4.63. The Balaban J connectivity index is 2.29. The lowest BCUT2D eigenvalue weighted by Crippen LogP contribution is -2.17. The second kappa shape index (κ2) is 4.47. The van der Waals surface area contributed by atoms with Gasteiger partial charge in [-0.1, -0.05) is 71.3 Å². The molecule has 0 unspecified atom stereocenters. The minimum absolute atomic E-state index is 0.0206. The highest BCUT2D eigenvalue weighted by molar-refractivity contribution is 6.30. The van der Waals surface area contributed by atoms with Gasteiger partial charge in [0.15, 0.2) is 0 Å². The van der Waals surface area contributed by atoms with Gasteiger partial charge in [-0.2, -0.15) is 0 Å². The van der Waals surface area contributed by atoms with E-state index < -0.39 is 0 Å². The average Bonchev–Trinajstić information content (AvgIpc) is 2.30. The quantitative estimate of drug-likeness (QED) is 0.757. The molecule has 0 N–H and O–H groups in total. The third-order valence-electron chi connectivity index (χ3n) is 2.14. The van der Waals surface area contributed by atoms with Crippen LogP contribution in [0, 0.1) is 6.10 Å². The van der Waals surface area contributed by atoms with Crippen LogP contribution in [0.2, 0.25) is 5.02 Å². The van der Waals surface area contributed by atoms with Crippen LogP contribution in [0.15, 0.2) is 54.6 Å². The summed E-state index contributed by atoms with van der Waals surface area (Å²) in [6.07, 6.45) is 0.0206. The van der Waals surface area contributed by atoms with Crippen LogP contribution in [0.1, 0.15) is 11.1 Å². The number of halogens is 1. The summed E-state index contributed by atoms with van der Waals surface area (Å²) in [5.41, 5.74) is 1.35. The fraction of sp³-hybridized carbons (Fsp3) is 0. The summed E-state index contributed by atoms with van der Waals surface area (Å²) in [4.78, 5) is 0. The molecule has 0 aliphatic rings. The van der Waals surface area contributed by atoms with Crippen LogP contribution in [0.25, 0.3) is 0 Å². The molecule has 1 radical (unpaired) electrons. The maximum absolute atomic E-state index is 11.9. The molecule has 0 fully saturated rings. The van der Waals surface area contributed by atoms with Crippen LogP contribution in [0.5, 0.6) is 0 Å². The molecular weight excluding hydrogens is 208 g/mol. The number of hydrogen-bond donors (Lipinski definition) is 0. The molecule has 2 heteroatoms. The van der Waals surface area contributed by atoms with Crippen molar-refractivity contribution in [3.63, 3.8) is 0 Å². The smallest absolute Gasteiger partial charge is 0.0406 e. The lowest BCUT2D eigenvalue weighted by molar-refractivity contribution is -0.333. The summed E-state index contributed by atoms with van der Waals surface area (Å²) >= 11 is 5.75. The lowest BCUT2D eigenvalue weighted by atomic mass is 10.0. The van der Waals surface area contributed by atoms with Gasteiger partial charge in [0.2, 0.25) is 0 Å². The highest BCUT2D eigenvalue weighted by Gasteiger charge is 2.00. The summed E-state index contributed by atoms with van der Waals surface area (Å²) in [5.74, 6) is 0. The van der Waals surface area contributed by atoms with Gasteiger partial charge in [-0.05, 0) is 12.1 Å². The molecule has 0 saturated heterocycles. The Hall–Kier alpha value is -1.31. The van der Waals surface area contributed by atoms with Crippen molar-refractivity contribution in [2.24, 2.45) is 0 Å². The molecule has 2 rings (SSSR count). The van der Waals surface area contributed by atoms with Crippen molar-refractivity contribution in [3.05, 3.63) is 76.9 Å². The zero-order valence-electron chi connectivity index (χ0n) is 7.98. The molecule has 2 aromatic rings. The van der Waals surface area contributed by atoms with E-state index in [2.05, 4.69) is 0 Å². The Labute approximate surface area is 94.0 Å². The molecule has 0 saturated carbocycles. The summed E-state index contributed by atoms with van der Waals surface area (Å²) < 4.78 is 0. The van der Waals surface area contributed by atoms with Crippen LogP contribution in [-0.4, -0.2) is 0 Å².